The van der Waals surface area contributed by atoms with Crippen molar-refractivity contribution in [2.45, 2.75) is 26.3 Å². The lowest BCUT2D eigenvalue weighted by molar-refractivity contribution is -0.135. The maximum atomic E-state index is 12.2. The van der Waals surface area contributed by atoms with Crippen LogP contribution in [-0.2, 0) is 4.79 Å². The molecular weight excluding hydrogens is 240 g/mol. The fraction of sp³-hybridized carbons (Fsp3) is 0.533. The highest BCUT2D eigenvalue weighted by Crippen LogP contribution is 2.13. The Kier molecular flexibility index (Phi) is 4.80. The lowest BCUT2D eigenvalue weighted by atomic mass is 10.2. The van der Waals surface area contributed by atoms with Gasteiger partial charge in [-0.05, 0) is 44.5 Å². The van der Waals surface area contributed by atoms with Crippen LogP contribution in [0.3, 0.4) is 0 Å². The minimum absolute atomic E-state index is 0.0673. The SMILES string of the molecule is CCN(C(=O)COc1cccc(C)c1)C1CCNC1. The number of carbonyl (C=O) groups excluding carboxylic acids is 1. The van der Waals surface area contributed by atoms with Crippen molar-refractivity contribution in [1.29, 1.82) is 0 Å². The van der Waals surface area contributed by atoms with Gasteiger partial charge in [0.15, 0.2) is 6.61 Å². The molecule has 0 aliphatic carbocycles. The van der Waals surface area contributed by atoms with Crippen LogP contribution in [-0.4, -0.2) is 43.1 Å². The number of rotatable bonds is 5. The molecule has 1 amide bonds. The molecule has 1 atom stereocenters. The van der Waals surface area contributed by atoms with E-state index in [1.807, 2.05) is 43.0 Å². The Balaban J connectivity index is 1.88. The molecular formula is C15H22N2O2. The summed E-state index contributed by atoms with van der Waals surface area (Å²) in [5, 5.41) is 3.29. The molecule has 1 aliphatic rings. The van der Waals surface area contributed by atoms with Gasteiger partial charge in [0, 0.05) is 19.1 Å². The van der Waals surface area contributed by atoms with Gasteiger partial charge in [-0.2, -0.15) is 0 Å². The van der Waals surface area contributed by atoms with Crippen LogP contribution < -0.4 is 10.1 Å². The molecule has 0 saturated carbocycles. The van der Waals surface area contributed by atoms with E-state index in [0.29, 0.717) is 6.04 Å². The Morgan fingerprint density at radius 2 is 2.37 bits per heavy atom. The van der Waals surface area contributed by atoms with Crippen molar-refractivity contribution in [3.8, 4) is 5.75 Å². The summed E-state index contributed by atoms with van der Waals surface area (Å²) in [4.78, 5) is 14.1. The van der Waals surface area contributed by atoms with Gasteiger partial charge in [0.25, 0.3) is 5.91 Å². The van der Waals surface area contributed by atoms with Crippen LogP contribution in [0.15, 0.2) is 24.3 Å². The summed E-state index contributed by atoms with van der Waals surface area (Å²) in [7, 11) is 0. The molecule has 1 N–H and O–H groups in total. The van der Waals surface area contributed by atoms with Crippen LogP contribution in [0.1, 0.15) is 18.9 Å². The predicted molar refractivity (Wildman–Crippen MR) is 75.3 cm³/mol. The average Bonchev–Trinajstić information content (AvgIpc) is 2.91. The highest BCUT2D eigenvalue weighted by Gasteiger charge is 2.25. The molecule has 104 valence electrons. The smallest absolute Gasteiger partial charge is 0.260 e. The molecule has 2 rings (SSSR count). The summed E-state index contributed by atoms with van der Waals surface area (Å²) in [5.74, 6) is 0.826. The third-order valence-corrected chi connectivity index (χ3v) is 3.49. The molecule has 1 fully saturated rings. The van der Waals surface area contributed by atoms with Crippen LogP contribution in [0.4, 0.5) is 0 Å². The lowest BCUT2D eigenvalue weighted by Gasteiger charge is -2.27. The zero-order valence-electron chi connectivity index (χ0n) is 11.7. The summed E-state index contributed by atoms with van der Waals surface area (Å²) in [6.07, 6.45) is 1.03. The molecule has 0 spiro atoms. The Morgan fingerprint density at radius 1 is 1.53 bits per heavy atom. The van der Waals surface area contributed by atoms with Crippen molar-refractivity contribution in [2.75, 3.05) is 26.2 Å². The standard InChI is InChI=1S/C15H22N2O2/c1-3-17(13-7-8-16-10-13)15(18)11-19-14-6-4-5-12(2)9-14/h4-6,9,13,16H,3,7-8,10-11H2,1-2H3. The summed E-state index contributed by atoms with van der Waals surface area (Å²) >= 11 is 0. The molecule has 4 heteroatoms. The van der Waals surface area contributed by atoms with E-state index in [1.165, 1.54) is 0 Å². The van der Waals surface area contributed by atoms with Crippen molar-refractivity contribution < 1.29 is 9.53 Å². The van der Waals surface area contributed by atoms with Crippen molar-refractivity contribution >= 4 is 5.91 Å². The van der Waals surface area contributed by atoms with Gasteiger partial charge in [-0.3, -0.25) is 4.79 Å². The second-order valence-corrected chi connectivity index (χ2v) is 4.93. The summed E-state index contributed by atoms with van der Waals surface area (Å²) in [6, 6.07) is 8.10. The van der Waals surface area contributed by atoms with Crippen LogP contribution in [0.5, 0.6) is 5.75 Å². The van der Waals surface area contributed by atoms with Crippen LogP contribution in [0.2, 0.25) is 0 Å². The Labute approximate surface area is 114 Å². The first-order valence-electron chi connectivity index (χ1n) is 6.90. The number of amides is 1. The first-order valence-corrected chi connectivity index (χ1v) is 6.90. The first-order chi connectivity index (χ1) is 9.20. The molecule has 0 aromatic heterocycles. The van der Waals surface area contributed by atoms with E-state index >= 15 is 0 Å². The zero-order chi connectivity index (χ0) is 13.7. The summed E-state index contributed by atoms with van der Waals surface area (Å²) < 4.78 is 5.58. The average molecular weight is 262 g/mol. The van der Waals surface area contributed by atoms with E-state index in [-0.39, 0.29) is 12.5 Å². The number of nitrogens with one attached hydrogen (secondary N) is 1. The minimum Gasteiger partial charge on any atom is -0.484 e. The predicted octanol–water partition coefficient (Wildman–Crippen LogP) is 1.58. The minimum atomic E-state index is 0.0673. The zero-order valence-corrected chi connectivity index (χ0v) is 11.7. The number of benzene rings is 1. The van der Waals surface area contributed by atoms with Crippen LogP contribution >= 0.6 is 0 Å². The van der Waals surface area contributed by atoms with Crippen molar-refractivity contribution in [3.05, 3.63) is 29.8 Å². The number of ether oxygens (including phenoxy) is 1. The Bertz CT molecular complexity index is 428. The van der Waals surface area contributed by atoms with E-state index in [9.17, 15) is 4.79 Å². The highest BCUT2D eigenvalue weighted by molar-refractivity contribution is 5.78. The van der Waals surface area contributed by atoms with Gasteiger partial charge < -0.3 is 15.0 Å². The van der Waals surface area contributed by atoms with E-state index in [0.717, 1.165) is 37.4 Å². The normalized spacial score (nSPS) is 18.3. The Morgan fingerprint density at radius 3 is 3.00 bits per heavy atom. The number of carbonyl (C=O) groups is 1. The molecule has 4 nitrogen and oxygen atoms in total. The lowest BCUT2D eigenvalue weighted by Crippen LogP contribution is -2.43. The van der Waals surface area contributed by atoms with Gasteiger partial charge in [0.05, 0.1) is 0 Å². The number of hydrogen-bond acceptors (Lipinski definition) is 3. The third kappa shape index (κ3) is 3.70. The molecule has 1 unspecified atom stereocenters. The molecule has 1 saturated heterocycles. The van der Waals surface area contributed by atoms with Gasteiger partial charge in [-0.15, -0.1) is 0 Å². The number of likely N-dealkylation sites (N-methyl/N-ethyl adjacent to an activating group) is 1. The van der Waals surface area contributed by atoms with Crippen molar-refractivity contribution in [1.82, 2.24) is 10.2 Å². The second kappa shape index (κ2) is 6.57. The molecule has 0 radical (unpaired) electrons. The monoisotopic (exact) mass is 262 g/mol. The maximum Gasteiger partial charge on any atom is 0.260 e. The van der Waals surface area contributed by atoms with Gasteiger partial charge >= 0.3 is 0 Å². The molecule has 0 bridgehead atoms. The molecule has 1 heterocycles. The summed E-state index contributed by atoms with van der Waals surface area (Å²) in [6.45, 7) is 6.77. The molecule has 19 heavy (non-hydrogen) atoms. The number of nitrogens with zero attached hydrogens (tertiary/aromatic N) is 1. The molecule has 1 aromatic carbocycles. The van der Waals surface area contributed by atoms with E-state index in [2.05, 4.69) is 5.32 Å². The maximum absolute atomic E-state index is 12.2. The first kappa shape index (κ1) is 13.9. The topological polar surface area (TPSA) is 41.6 Å². The summed E-state index contributed by atoms with van der Waals surface area (Å²) in [5.41, 5.74) is 1.14. The van der Waals surface area contributed by atoms with Gasteiger partial charge in [0.2, 0.25) is 0 Å². The highest BCUT2D eigenvalue weighted by atomic mass is 16.5. The number of hydrogen-bond donors (Lipinski definition) is 1. The fourth-order valence-corrected chi connectivity index (χ4v) is 2.48. The Hall–Kier alpha value is -1.55. The van der Waals surface area contributed by atoms with Crippen LogP contribution in [0, 0.1) is 6.92 Å². The van der Waals surface area contributed by atoms with E-state index in [4.69, 9.17) is 4.74 Å². The second-order valence-electron chi connectivity index (χ2n) is 4.93. The van der Waals surface area contributed by atoms with Crippen molar-refractivity contribution in [3.63, 3.8) is 0 Å². The van der Waals surface area contributed by atoms with E-state index < -0.39 is 0 Å². The van der Waals surface area contributed by atoms with Gasteiger partial charge in [0.1, 0.15) is 5.75 Å². The molecule has 1 aromatic rings. The van der Waals surface area contributed by atoms with Gasteiger partial charge in [-0.1, -0.05) is 12.1 Å². The fourth-order valence-electron chi connectivity index (χ4n) is 2.48. The van der Waals surface area contributed by atoms with E-state index in [1.54, 1.807) is 0 Å². The largest absolute Gasteiger partial charge is 0.484 e. The quantitative estimate of drug-likeness (QED) is 0.876. The van der Waals surface area contributed by atoms with Crippen molar-refractivity contribution in [2.24, 2.45) is 0 Å². The van der Waals surface area contributed by atoms with Gasteiger partial charge in [-0.25, -0.2) is 0 Å². The molecule has 1 aliphatic heterocycles. The van der Waals surface area contributed by atoms with Crippen LogP contribution in [0.25, 0.3) is 0 Å². The number of aryl methyl sites for hydroxylation is 1. The third-order valence-electron chi connectivity index (χ3n) is 3.49.